The van der Waals surface area contributed by atoms with Gasteiger partial charge in [0.1, 0.15) is 0 Å². The second kappa shape index (κ2) is 8.91. The van der Waals surface area contributed by atoms with Crippen LogP contribution in [0.2, 0.25) is 0 Å². The minimum Gasteiger partial charge on any atom is -0.325 e. The Morgan fingerprint density at radius 1 is 1.09 bits per heavy atom. The van der Waals surface area contributed by atoms with E-state index in [0.29, 0.717) is 29.3 Å². The number of amides is 1. The summed E-state index contributed by atoms with van der Waals surface area (Å²) in [4.78, 5) is 46.4. The van der Waals surface area contributed by atoms with Crippen molar-refractivity contribution in [3.63, 3.8) is 0 Å². The van der Waals surface area contributed by atoms with Crippen molar-refractivity contribution < 1.29 is 4.79 Å². The molecule has 0 atom stereocenters. The molecular formula is C22H24N6O3S. The first kappa shape index (κ1) is 21.7. The summed E-state index contributed by atoms with van der Waals surface area (Å²) in [6, 6.07) is 8.35. The fourth-order valence-corrected chi connectivity index (χ4v) is 4.38. The zero-order chi connectivity index (χ0) is 22.8. The highest BCUT2D eigenvalue weighted by atomic mass is 32.1. The maximum Gasteiger partial charge on any atom is 0.332 e. The van der Waals surface area contributed by atoms with Crippen molar-refractivity contribution in [2.45, 2.75) is 32.7 Å². The Balaban J connectivity index is 1.34. The van der Waals surface area contributed by atoms with E-state index in [0.717, 1.165) is 15.9 Å². The lowest BCUT2D eigenvalue weighted by molar-refractivity contribution is -0.116. The van der Waals surface area contributed by atoms with Crippen LogP contribution in [-0.2, 0) is 31.9 Å². The smallest absolute Gasteiger partial charge is 0.325 e. The van der Waals surface area contributed by atoms with E-state index in [9.17, 15) is 14.4 Å². The van der Waals surface area contributed by atoms with Crippen LogP contribution in [0.25, 0.3) is 11.2 Å². The van der Waals surface area contributed by atoms with Gasteiger partial charge in [-0.2, -0.15) is 0 Å². The Bertz CT molecular complexity index is 1390. The standard InChI is InChI=1S/C22H24N6O3S/c1-14-6-8-15(9-7-14)11-16-12-23-21(32-16)25-17(29)5-4-10-28-13-24-19-18(28)20(30)27(3)22(31)26(19)2/h6-9,12-13H,4-5,10-11H2,1-3H3,(H,23,25,29). The van der Waals surface area contributed by atoms with Crippen LogP contribution in [0.3, 0.4) is 0 Å². The van der Waals surface area contributed by atoms with E-state index in [1.165, 1.54) is 40.4 Å². The van der Waals surface area contributed by atoms with Crippen LogP contribution in [0.5, 0.6) is 0 Å². The fraction of sp³-hybridized carbons (Fsp3) is 0.318. The summed E-state index contributed by atoms with van der Waals surface area (Å²) in [5, 5.41) is 3.42. The molecule has 10 heteroatoms. The van der Waals surface area contributed by atoms with Crippen LogP contribution >= 0.6 is 11.3 Å². The number of aryl methyl sites for hydroxylation is 3. The van der Waals surface area contributed by atoms with Crippen molar-refractivity contribution in [2.75, 3.05) is 5.32 Å². The van der Waals surface area contributed by atoms with Gasteiger partial charge in [-0.25, -0.2) is 14.8 Å². The number of carbonyl (C=O) groups excluding carboxylic acids is 1. The molecule has 0 fully saturated rings. The Morgan fingerprint density at radius 2 is 1.84 bits per heavy atom. The Morgan fingerprint density at radius 3 is 2.59 bits per heavy atom. The van der Waals surface area contributed by atoms with Gasteiger partial charge in [0, 0.05) is 44.6 Å². The molecule has 0 radical (unpaired) electrons. The largest absolute Gasteiger partial charge is 0.332 e. The molecule has 1 amide bonds. The lowest BCUT2D eigenvalue weighted by Gasteiger charge is -2.06. The lowest BCUT2D eigenvalue weighted by atomic mass is 10.1. The van der Waals surface area contributed by atoms with Crippen molar-refractivity contribution in [3.8, 4) is 0 Å². The highest BCUT2D eigenvalue weighted by Gasteiger charge is 2.14. The first-order chi connectivity index (χ1) is 15.3. The van der Waals surface area contributed by atoms with Crippen LogP contribution in [0.15, 0.2) is 46.4 Å². The number of carbonyl (C=O) groups is 1. The van der Waals surface area contributed by atoms with Gasteiger partial charge < -0.3 is 9.88 Å². The zero-order valence-electron chi connectivity index (χ0n) is 18.2. The fourth-order valence-electron chi connectivity index (χ4n) is 3.51. The van der Waals surface area contributed by atoms with Crippen molar-refractivity contribution in [1.29, 1.82) is 0 Å². The SMILES string of the molecule is Cc1ccc(Cc2cnc(NC(=O)CCCn3cnc4c3c(=O)n(C)c(=O)n4C)s2)cc1. The molecule has 1 aromatic carbocycles. The molecule has 0 unspecified atom stereocenters. The molecule has 9 nitrogen and oxygen atoms in total. The van der Waals surface area contributed by atoms with Crippen LogP contribution in [0.1, 0.15) is 28.8 Å². The number of imidazole rings is 1. The average molecular weight is 453 g/mol. The summed E-state index contributed by atoms with van der Waals surface area (Å²) in [5.74, 6) is -0.133. The van der Waals surface area contributed by atoms with E-state index in [4.69, 9.17) is 0 Å². The Kier molecular flexibility index (Phi) is 6.04. The van der Waals surface area contributed by atoms with Crippen LogP contribution in [-0.4, -0.2) is 29.6 Å². The Labute approximate surface area is 188 Å². The second-order valence-corrected chi connectivity index (χ2v) is 8.88. The third kappa shape index (κ3) is 4.40. The number of thiazole rings is 1. The summed E-state index contributed by atoms with van der Waals surface area (Å²) in [5.41, 5.74) is 2.31. The molecule has 4 aromatic rings. The summed E-state index contributed by atoms with van der Waals surface area (Å²) in [7, 11) is 3.02. The maximum atomic E-state index is 12.5. The number of hydrogen-bond donors (Lipinski definition) is 1. The van der Waals surface area contributed by atoms with Gasteiger partial charge in [0.25, 0.3) is 5.56 Å². The molecule has 0 spiro atoms. The van der Waals surface area contributed by atoms with Gasteiger partial charge >= 0.3 is 5.69 Å². The monoisotopic (exact) mass is 452 g/mol. The number of hydrogen-bond acceptors (Lipinski definition) is 6. The molecule has 1 N–H and O–H groups in total. The Hall–Kier alpha value is -3.53. The van der Waals surface area contributed by atoms with E-state index in [1.807, 2.05) is 0 Å². The van der Waals surface area contributed by atoms with Gasteiger partial charge in [0.15, 0.2) is 16.3 Å². The van der Waals surface area contributed by atoms with Gasteiger partial charge in [-0.1, -0.05) is 29.8 Å². The number of nitrogens with zero attached hydrogens (tertiary/aromatic N) is 5. The van der Waals surface area contributed by atoms with Crippen LogP contribution in [0, 0.1) is 6.92 Å². The van der Waals surface area contributed by atoms with Gasteiger partial charge in [-0.3, -0.25) is 18.7 Å². The molecule has 0 bridgehead atoms. The van der Waals surface area contributed by atoms with E-state index >= 15 is 0 Å². The first-order valence-electron chi connectivity index (χ1n) is 10.2. The van der Waals surface area contributed by atoms with Crippen LogP contribution in [0.4, 0.5) is 5.13 Å². The van der Waals surface area contributed by atoms with Crippen molar-refractivity contribution in [3.05, 3.63) is 73.6 Å². The third-order valence-electron chi connectivity index (χ3n) is 5.32. The first-order valence-corrected chi connectivity index (χ1v) is 11.1. The predicted molar refractivity (Wildman–Crippen MR) is 124 cm³/mol. The molecule has 0 saturated heterocycles. The number of aromatic nitrogens is 5. The topological polar surface area (TPSA) is 104 Å². The highest BCUT2D eigenvalue weighted by molar-refractivity contribution is 7.15. The maximum absolute atomic E-state index is 12.5. The molecule has 166 valence electrons. The number of anilines is 1. The molecule has 0 saturated carbocycles. The van der Waals surface area contributed by atoms with Gasteiger partial charge in [-0.05, 0) is 18.9 Å². The van der Waals surface area contributed by atoms with Crippen molar-refractivity contribution in [2.24, 2.45) is 14.1 Å². The van der Waals surface area contributed by atoms with Crippen molar-refractivity contribution >= 4 is 33.5 Å². The van der Waals surface area contributed by atoms with E-state index in [1.54, 1.807) is 17.8 Å². The second-order valence-electron chi connectivity index (χ2n) is 7.76. The van der Waals surface area contributed by atoms with Crippen LogP contribution < -0.4 is 16.6 Å². The van der Waals surface area contributed by atoms with Gasteiger partial charge in [0.2, 0.25) is 5.91 Å². The highest BCUT2D eigenvalue weighted by Crippen LogP contribution is 2.21. The van der Waals surface area contributed by atoms with Gasteiger partial charge in [-0.15, -0.1) is 11.3 Å². The summed E-state index contributed by atoms with van der Waals surface area (Å²) >= 11 is 1.47. The molecule has 0 aliphatic rings. The average Bonchev–Trinajstić information content (AvgIpc) is 3.39. The van der Waals surface area contributed by atoms with Gasteiger partial charge in [0.05, 0.1) is 6.33 Å². The number of nitrogens with one attached hydrogen (secondary N) is 1. The minimum atomic E-state index is -0.419. The van der Waals surface area contributed by atoms with E-state index in [2.05, 4.69) is 46.5 Å². The molecular weight excluding hydrogens is 428 g/mol. The van der Waals surface area contributed by atoms with E-state index < -0.39 is 11.2 Å². The zero-order valence-corrected chi connectivity index (χ0v) is 19.0. The predicted octanol–water partition coefficient (Wildman–Crippen LogP) is 2.21. The third-order valence-corrected chi connectivity index (χ3v) is 6.23. The minimum absolute atomic E-state index is 0.133. The molecule has 3 aromatic heterocycles. The lowest BCUT2D eigenvalue weighted by Crippen LogP contribution is -2.37. The number of rotatable bonds is 7. The molecule has 32 heavy (non-hydrogen) atoms. The molecule has 0 aliphatic heterocycles. The molecule has 4 rings (SSSR count). The normalized spacial score (nSPS) is 11.2. The molecule has 3 heterocycles. The summed E-state index contributed by atoms with van der Waals surface area (Å²) in [6.45, 7) is 2.50. The summed E-state index contributed by atoms with van der Waals surface area (Å²) in [6.07, 6.45) is 4.89. The van der Waals surface area contributed by atoms with Crippen molar-refractivity contribution in [1.82, 2.24) is 23.7 Å². The molecule has 0 aliphatic carbocycles. The number of fused-ring (bicyclic) bond motifs is 1. The quantitative estimate of drug-likeness (QED) is 0.463. The summed E-state index contributed by atoms with van der Waals surface area (Å²) < 4.78 is 4.09. The number of benzene rings is 1. The van der Waals surface area contributed by atoms with E-state index in [-0.39, 0.29) is 12.3 Å².